The Kier molecular flexibility index (Phi) is 4.13. The topological polar surface area (TPSA) is 59.4 Å². The molecular weight excluding hydrogens is 242 g/mol. The standard InChI is InChI=1S/C15H15NO3/c1-11-7-8-13(9-16-11)19-10-14(15(17)18)12-5-3-2-4-6-12/h2-9,14H,10H2,1H3,(H,17,18). The van der Waals surface area contributed by atoms with E-state index in [1.54, 1.807) is 24.4 Å². The molecule has 0 spiro atoms. The number of nitrogens with zero attached hydrogens (tertiary/aromatic N) is 1. The maximum Gasteiger partial charge on any atom is 0.314 e. The minimum absolute atomic E-state index is 0.0874. The van der Waals surface area contributed by atoms with Gasteiger partial charge in [-0.2, -0.15) is 0 Å². The van der Waals surface area contributed by atoms with Crippen LogP contribution in [0.1, 0.15) is 17.2 Å². The molecule has 1 N–H and O–H groups in total. The van der Waals surface area contributed by atoms with Crippen LogP contribution in [0.2, 0.25) is 0 Å². The van der Waals surface area contributed by atoms with Gasteiger partial charge in [-0.25, -0.2) is 0 Å². The second kappa shape index (κ2) is 6.00. The van der Waals surface area contributed by atoms with Crippen molar-refractivity contribution in [2.75, 3.05) is 6.61 Å². The Labute approximate surface area is 111 Å². The van der Waals surface area contributed by atoms with Crippen LogP contribution in [0.15, 0.2) is 48.7 Å². The number of hydrogen-bond acceptors (Lipinski definition) is 3. The summed E-state index contributed by atoms with van der Waals surface area (Å²) in [5, 5.41) is 9.25. The fourth-order valence-corrected chi connectivity index (χ4v) is 1.71. The lowest BCUT2D eigenvalue weighted by molar-refractivity contribution is -0.139. The number of aryl methyl sites for hydroxylation is 1. The molecule has 4 heteroatoms. The minimum atomic E-state index is -0.897. The minimum Gasteiger partial charge on any atom is -0.491 e. The van der Waals surface area contributed by atoms with E-state index < -0.39 is 11.9 Å². The van der Waals surface area contributed by atoms with E-state index in [9.17, 15) is 9.90 Å². The molecule has 0 aliphatic heterocycles. The third kappa shape index (κ3) is 3.55. The number of ether oxygens (including phenoxy) is 1. The van der Waals surface area contributed by atoms with Gasteiger partial charge in [-0.1, -0.05) is 30.3 Å². The molecule has 0 saturated carbocycles. The zero-order chi connectivity index (χ0) is 13.7. The highest BCUT2D eigenvalue weighted by Crippen LogP contribution is 2.18. The molecule has 0 aliphatic rings. The van der Waals surface area contributed by atoms with Gasteiger partial charge in [-0.3, -0.25) is 9.78 Å². The van der Waals surface area contributed by atoms with Crippen LogP contribution in [-0.4, -0.2) is 22.7 Å². The van der Waals surface area contributed by atoms with Crippen LogP contribution in [0.5, 0.6) is 5.75 Å². The molecule has 0 bridgehead atoms. The van der Waals surface area contributed by atoms with Gasteiger partial charge in [0.2, 0.25) is 0 Å². The fourth-order valence-electron chi connectivity index (χ4n) is 1.71. The second-order valence-electron chi connectivity index (χ2n) is 4.25. The number of carboxylic acid groups (broad SMARTS) is 1. The third-order valence-corrected chi connectivity index (χ3v) is 2.80. The van der Waals surface area contributed by atoms with Gasteiger partial charge in [-0.15, -0.1) is 0 Å². The van der Waals surface area contributed by atoms with Gasteiger partial charge in [0.05, 0.1) is 6.20 Å². The van der Waals surface area contributed by atoms with Crippen LogP contribution in [0.25, 0.3) is 0 Å². The lowest BCUT2D eigenvalue weighted by Gasteiger charge is -2.14. The van der Waals surface area contributed by atoms with Crippen molar-refractivity contribution in [1.29, 1.82) is 0 Å². The molecular formula is C15H15NO3. The van der Waals surface area contributed by atoms with Crippen LogP contribution in [-0.2, 0) is 4.79 Å². The molecule has 1 unspecified atom stereocenters. The number of hydrogen-bond donors (Lipinski definition) is 1. The van der Waals surface area contributed by atoms with E-state index in [1.165, 1.54) is 0 Å². The van der Waals surface area contributed by atoms with E-state index in [4.69, 9.17) is 4.74 Å². The summed E-state index contributed by atoms with van der Waals surface area (Å²) < 4.78 is 5.50. The van der Waals surface area contributed by atoms with Crippen molar-refractivity contribution in [2.24, 2.45) is 0 Å². The SMILES string of the molecule is Cc1ccc(OCC(C(=O)O)c2ccccc2)cn1. The van der Waals surface area contributed by atoms with Crippen LogP contribution in [0.4, 0.5) is 0 Å². The summed E-state index contributed by atoms with van der Waals surface area (Å²) >= 11 is 0. The first-order valence-electron chi connectivity index (χ1n) is 6.00. The number of aliphatic carboxylic acids is 1. The van der Waals surface area contributed by atoms with Crippen molar-refractivity contribution in [3.63, 3.8) is 0 Å². The van der Waals surface area contributed by atoms with Gasteiger partial charge in [0.1, 0.15) is 18.3 Å². The summed E-state index contributed by atoms with van der Waals surface area (Å²) in [5.74, 6) is -0.999. The molecule has 2 aromatic rings. The van der Waals surface area contributed by atoms with Crippen molar-refractivity contribution >= 4 is 5.97 Å². The second-order valence-corrected chi connectivity index (χ2v) is 4.25. The first-order chi connectivity index (χ1) is 9.16. The molecule has 0 saturated heterocycles. The Morgan fingerprint density at radius 3 is 2.58 bits per heavy atom. The number of benzene rings is 1. The summed E-state index contributed by atoms with van der Waals surface area (Å²) in [6.07, 6.45) is 1.60. The summed E-state index contributed by atoms with van der Waals surface area (Å²) in [6, 6.07) is 12.7. The van der Waals surface area contributed by atoms with Gasteiger partial charge in [0.15, 0.2) is 0 Å². The summed E-state index contributed by atoms with van der Waals surface area (Å²) in [7, 11) is 0. The van der Waals surface area contributed by atoms with Crippen LogP contribution in [0, 0.1) is 6.92 Å². The molecule has 2 rings (SSSR count). The Morgan fingerprint density at radius 1 is 1.26 bits per heavy atom. The van der Waals surface area contributed by atoms with Crippen molar-refractivity contribution < 1.29 is 14.6 Å². The largest absolute Gasteiger partial charge is 0.491 e. The first-order valence-corrected chi connectivity index (χ1v) is 6.00. The Bertz CT molecular complexity index is 537. The number of aromatic nitrogens is 1. The molecule has 1 atom stereocenters. The fraction of sp³-hybridized carbons (Fsp3) is 0.200. The molecule has 19 heavy (non-hydrogen) atoms. The van der Waals surface area contributed by atoms with E-state index in [-0.39, 0.29) is 6.61 Å². The van der Waals surface area contributed by atoms with Gasteiger partial charge in [-0.05, 0) is 24.6 Å². The molecule has 4 nitrogen and oxygen atoms in total. The molecule has 1 aromatic heterocycles. The zero-order valence-electron chi connectivity index (χ0n) is 10.6. The van der Waals surface area contributed by atoms with Gasteiger partial charge in [0.25, 0.3) is 0 Å². The molecule has 0 radical (unpaired) electrons. The smallest absolute Gasteiger partial charge is 0.314 e. The van der Waals surface area contributed by atoms with E-state index in [0.29, 0.717) is 5.75 Å². The van der Waals surface area contributed by atoms with Crippen molar-refractivity contribution in [3.05, 3.63) is 59.9 Å². The maximum atomic E-state index is 11.3. The van der Waals surface area contributed by atoms with Crippen LogP contribution in [0.3, 0.4) is 0 Å². The number of carboxylic acids is 1. The molecule has 0 aliphatic carbocycles. The number of carbonyl (C=O) groups is 1. The van der Waals surface area contributed by atoms with E-state index in [2.05, 4.69) is 4.98 Å². The Balaban J connectivity index is 2.06. The highest BCUT2D eigenvalue weighted by atomic mass is 16.5. The molecule has 0 amide bonds. The molecule has 1 aromatic carbocycles. The van der Waals surface area contributed by atoms with Crippen LogP contribution < -0.4 is 4.74 Å². The van der Waals surface area contributed by atoms with Crippen molar-refractivity contribution in [2.45, 2.75) is 12.8 Å². The average Bonchev–Trinajstić information content (AvgIpc) is 2.42. The lowest BCUT2D eigenvalue weighted by atomic mass is 10.0. The lowest BCUT2D eigenvalue weighted by Crippen LogP contribution is -2.19. The van der Waals surface area contributed by atoms with E-state index >= 15 is 0 Å². The summed E-state index contributed by atoms with van der Waals surface area (Å²) in [6.45, 7) is 1.97. The van der Waals surface area contributed by atoms with Crippen LogP contribution >= 0.6 is 0 Å². The number of rotatable bonds is 5. The third-order valence-electron chi connectivity index (χ3n) is 2.80. The van der Waals surface area contributed by atoms with Gasteiger partial charge < -0.3 is 9.84 Å². The monoisotopic (exact) mass is 257 g/mol. The quantitative estimate of drug-likeness (QED) is 0.894. The number of pyridine rings is 1. The zero-order valence-corrected chi connectivity index (χ0v) is 10.6. The predicted molar refractivity (Wildman–Crippen MR) is 71.3 cm³/mol. The summed E-state index contributed by atoms with van der Waals surface area (Å²) in [4.78, 5) is 15.4. The Morgan fingerprint density at radius 2 is 2.00 bits per heavy atom. The molecule has 0 fully saturated rings. The highest BCUT2D eigenvalue weighted by Gasteiger charge is 2.20. The normalized spacial score (nSPS) is 11.8. The van der Waals surface area contributed by atoms with Gasteiger partial charge >= 0.3 is 5.97 Å². The predicted octanol–water partition coefficient (Wildman–Crippen LogP) is 2.64. The maximum absolute atomic E-state index is 11.3. The Hall–Kier alpha value is -2.36. The van der Waals surface area contributed by atoms with E-state index in [0.717, 1.165) is 11.3 Å². The van der Waals surface area contributed by atoms with Gasteiger partial charge in [0, 0.05) is 5.69 Å². The summed E-state index contributed by atoms with van der Waals surface area (Å²) in [5.41, 5.74) is 1.63. The van der Waals surface area contributed by atoms with E-state index in [1.807, 2.05) is 31.2 Å². The highest BCUT2D eigenvalue weighted by molar-refractivity contribution is 5.76. The first kappa shape index (κ1) is 13.1. The molecule has 98 valence electrons. The molecule has 1 heterocycles. The average molecular weight is 257 g/mol. The van der Waals surface area contributed by atoms with Crippen molar-refractivity contribution in [3.8, 4) is 5.75 Å². The van der Waals surface area contributed by atoms with Crippen molar-refractivity contribution in [1.82, 2.24) is 4.98 Å².